The number of para-hydroxylation sites is 1. The van der Waals surface area contributed by atoms with Crippen molar-refractivity contribution in [1.82, 2.24) is 5.06 Å². The smallest absolute Gasteiger partial charge is 0.226 e. The van der Waals surface area contributed by atoms with Crippen LogP contribution >= 0.6 is 0 Å². The molecule has 1 aliphatic heterocycles. The van der Waals surface area contributed by atoms with Crippen LogP contribution in [0, 0.1) is 0 Å². The molecule has 1 aromatic rings. The molecule has 7 nitrogen and oxygen atoms in total. The first kappa shape index (κ1) is 17.5. The van der Waals surface area contributed by atoms with Crippen LogP contribution in [-0.4, -0.2) is 35.9 Å². The van der Waals surface area contributed by atoms with E-state index in [4.69, 9.17) is 21.0 Å². The standard InChI is InChI=1S/C18H27N5O2/c19-16-21-17(20)23(18(22-16)11-5-2-6-12-18)25-14-8-7-13-24-15-9-3-1-4-10-15/h1,3-4,9-10H,2,5-8,11-14H2,(H4,19,20,21,22). The van der Waals surface area contributed by atoms with Gasteiger partial charge in [-0.25, -0.2) is 4.99 Å². The Balaban J connectivity index is 1.45. The number of aliphatic imine (C=N–C) groups is 2. The fourth-order valence-electron chi connectivity index (χ4n) is 3.35. The molecule has 0 radical (unpaired) electrons. The first-order valence-corrected chi connectivity index (χ1v) is 9.00. The quantitative estimate of drug-likeness (QED) is 0.739. The van der Waals surface area contributed by atoms with E-state index in [2.05, 4.69) is 9.98 Å². The van der Waals surface area contributed by atoms with E-state index in [0.717, 1.165) is 44.3 Å². The summed E-state index contributed by atoms with van der Waals surface area (Å²) in [6, 6.07) is 9.81. The zero-order valence-electron chi connectivity index (χ0n) is 14.6. The summed E-state index contributed by atoms with van der Waals surface area (Å²) in [4.78, 5) is 14.6. The number of ether oxygens (including phenoxy) is 1. The topological polar surface area (TPSA) is 98.5 Å². The molecule has 0 atom stereocenters. The molecule has 1 saturated carbocycles. The molecule has 25 heavy (non-hydrogen) atoms. The molecular weight excluding hydrogens is 318 g/mol. The minimum atomic E-state index is -0.477. The molecule has 4 N–H and O–H groups in total. The SMILES string of the molecule is NC1=NC2(CCCCC2)N(OCCCCOc2ccccc2)C(N)=N1. The molecule has 136 valence electrons. The summed E-state index contributed by atoms with van der Waals surface area (Å²) in [5.41, 5.74) is 11.4. The highest BCUT2D eigenvalue weighted by atomic mass is 16.7. The van der Waals surface area contributed by atoms with E-state index in [0.29, 0.717) is 19.2 Å². The molecular formula is C18H27N5O2. The summed E-state index contributed by atoms with van der Waals surface area (Å²) >= 11 is 0. The molecule has 0 bridgehead atoms. The summed E-state index contributed by atoms with van der Waals surface area (Å²) in [5.74, 6) is 1.44. The molecule has 1 heterocycles. The normalized spacial score (nSPS) is 19.4. The van der Waals surface area contributed by atoms with E-state index in [1.54, 1.807) is 5.06 Å². The summed E-state index contributed by atoms with van der Waals surface area (Å²) in [7, 11) is 0. The number of unbranched alkanes of at least 4 members (excludes halogenated alkanes) is 1. The maximum Gasteiger partial charge on any atom is 0.226 e. The minimum absolute atomic E-state index is 0.246. The van der Waals surface area contributed by atoms with Crippen LogP contribution in [0.15, 0.2) is 40.3 Å². The van der Waals surface area contributed by atoms with Crippen LogP contribution < -0.4 is 16.2 Å². The summed E-state index contributed by atoms with van der Waals surface area (Å²) in [5, 5.41) is 1.68. The van der Waals surface area contributed by atoms with Gasteiger partial charge in [-0.1, -0.05) is 24.6 Å². The van der Waals surface area contributed by atoms with Crippen LogP contribution in [0.4, 0.5) is 0 Å². The molecule has 0 amide bonds. The number of guanidine groups is 2. The maximum atomic E-state index is 6.06. The average molecular weight is 345 g/mol. The van der Waals surface area contributed by atoms with Crippen LogP contribution in [0.2, 0.25) is 0 Å². The first-order chi connectivity index (χ1) is 12.2. The van der Waals surface area contributed by atoms with Gasteiger partial charge in [-0.2, -0.15) is 10.1 Å². The van der Waals surface area contributed by atoms with Crippen LogP contribution in [0.25, 0.3) is 0 Å². The van der Waals surface area contributed by atoms with Gasteiger partial charge in [0, 0.05) is 0 Å². The van der Waals surface area contributed by atoms with Crippen molar-refractivity contribution in [2.24, 2.45) is 21.5 Å². The molecule has 0 saturated heterocycles. The van der Waals surface area contributed by atoms with Crippen molar-refractivity contribution in [3.05, 3.63) is 30.3 Å². The van der Waals surface area contributed by atoms with E-state index in [1.165, 1.54) is 6.42 Å². The Morgan fingerprint density at radius 2 is 1.72 bits per heavy atom. The van der Waals surface area contributed by atoms with Crippen molar-refractivity contribution < 1.29 is 9.57 Å². The van der Waals surface area contributed by atoms with Crippen molar-refractivity contribution in [2.75, 3.05) is 13.2 Å². The van der Waals surface area contributed by atoms with Crippen LogP contribution in [-0.2, 0) is 4.84 Å². The summed E-state index contributed by atoms with van der Waals surface area (Å²) in [6.45, 7) is 1.21. The highest BCUT2D eigenvalue weighted by Gasteiger charge is 2.42. The second-order valence-corrected chi connectivity index (χ2v) is 6.48. The van der Waals surface area contributed by atoms with Gasteiger partial charge in [0.2, 0.25) is 11.9 Å². The molecule has 3 rings (SSSR count). The zero-order valence-corrected chi connectivity index (χ0v) is 14.6. The zero-order chi connectivity index (χ0) is 17.5. The van der Waals surface area contributed by atoms with Crippen LogP contribution in [0.5, 0.6) is 5.75 Å². The molecule has 7 heteroatoms. The van der Waals surface area contributed by atoms with E-state index in [-0.39, 0.29) is 5.96 Å². The van der Waals surface area contributed by atoms with Crippen molar-refractivity contribution >= 4 is 11.9 Å². The summed E-state index contributed by atoms with van der Waals surface area (Å²) in [6.07, 6.45) is 6.94. The number of benzene rings is 1. The van der Waals surface area contributed by atoms with Crippen molar-refractivity contribution in [3.63, 3.8) is 0 Å². The van der Waals surface area contributed by atoms with E-state index < -0.39 is 5.66 Å². The van der Waals surface area contributed by atoms with Gasteiger partial charge in [0.05, 0.1) is 13.2 Å². The fraction of sp³-hybridized carbons (Fsp3) is 0.556. The molecule has 1 aliphatic carbocycles. The Morgan fingerprint density at radius 1 is 1.00 bits per heavy atom. The van der Waals surface area contributed by atoms with Crippen molar-refractivity contribution in [3.8, 4) is 5.75 Å². The number of nitrogens with zero attached hydrogens (tertiary/aromatic N) is 3. The minimum Gasteiger partial charge on any atom is -0.494 e. The fourth-order valence-corrected chi connectivity index (χ4v) is 3.35. The Kier molecular flexibility index (Phi) is 5.75. The highest BCUT2D eigenvalue weighted by molar-refractivity contribution is 5.95. The van der Waals surface area contributed by atoms with Crippen molar-refractivity contribution in [2.45, 2.75) is 50.6 Å². The number of rotatable bonds is 7. The second kappa shape index (κ2) is 8.20. The highest BCUT2D eigenvalue weighted by Crippen LogP contribution is 2.36. The Hall–Kier alpha value is -2.28. The largest absolute Gasteiger partial charge is 0.494 e. The summed E-state index contributed by atoms with van der Waals surface area (Å²) < 4.78 is 5.69. The van der Waals surface area contributed by atoms with Crippen molar-refractivity contribution in [1.29, 1.82) is 0 Å². The van der Waals surface area contributed by atoms with Gasteiger partial charge in [-0.05, 0) is 50.7 Å². The molecule has 0 unspecified atom stereocenters. The van der Waals surface area contributed by atoms with Gasteiger partial charge >= 0.3 is 0 Å². The van der Waals surface area contributed by atoms with Gasteiger partial charge in [0.25, 0.3) is 0 Å². The molecule has 2 aliphatic rings. The molecule has 1 aromatic carbocycles. The van der Waals surface area contributed by atoms with Gasteiger partial charge in [0.1, 0.15) is 5.75 Å². The van der Waals surface area contributed by atoms with Crippen LogP contribution in [0.1, 0.15) is 44.9 Å². The van der Waals surface area contributed by atoms with Crippen LogP contribution in [0.3, 0.4) is 0 Å². The van der Waals surface area contributed by atoms with E-state index in [9.17, 15) is 0 Å². The van der Waals surface area contributed by atoms with E-state index in [1.807, 2.05) is 30.3 Å². The van der Waals surface area contributed by atoms with Gasteiger partial charge in [0.15, 0.2) is 5.66 Å². The molecule has 0 aromatic heterocycles. The number of hydroxylamine groups is 2. The van der Waals surface area contributed by atoms with Gasteiger partial charge in [-0.3, -0.25) is 4.84 Å². The Bertz CT molecular complexity index is 611. The second-order valence-electron chi connectivity index (χ2n) is 6.48. The maximum absolute atomic E-state index is 6.06. The average Bonchev–Trinajstić information content (AvgIpc) is 2.61. The Labute approximate surface area is 148 Å². The van der Waals surface area contributed by atoms with E-state index >= 15 is 0 Å². The number of nitrogens with two attached hydrogens (primary N) is 2. The number of hydrogen-bond acceptors (Lipinski definition) is 7. The third kappa shape index (κ3) is 4.42. The lowest BCUT2D eigenvalue weighted by molar-refractivity contribution is -0.177. The third-order valence-electron chi connectivity index (χ3n) is 4.56. The predicted molar refractivity (Wildman–Crippen MR) is 98.0 cm³/mol. The predicted octanol–water partition coefficient (Wildman–Crippen LogP) is 2.38. The molecule has 1 fully saturated rings. The number of hydrogen-bond donors (Lipinski definition) is 2. The van der Waals surface area contributed by atoms with Gasteiger partial charge in [-0.15, -0.1) is 0 Å². The lowest BCUT2D eigenvalue weighted by Gasteiger charge is -2.44. The first-order valence-electron chi connectivity index (χ1n) is 9.00. The van der Waals surface area contributed by atoms with Gasteiger partial charge < -0.3 is 16.2 Å². The lowest BCUT2D eigenvalue weighted by atomic mass is 9.89. The third-order valence-corrected chi connectivity index (χ3v) is 4.56. The Morgan fingerprint density at radius 3 is 2.48 bits per heavy atom. The lowest BCUT2D eigenvalue weighted by Crippen LogP contribution is -2.57. The molecule has 1 spiro atoms. The monoisotopic (exact) mass is 345 g/mol.